The number of fused-ring (bicyclic) bond motifs is 22. The molecule has 0 radical (unpaired) electrons. The van der Waals surface area contributed by atoms with E-state index in [9.17, 15) is 0 Å². The molecule has 71 heavy (non-hydrogen) atoms. The summed E-state index contributed by atoms with van der Waals surface area (Å²) in [4.78, 5) is 0. The molecule has 10 aromatic rings. The minimum absolute atomic E-state index is 0.0849. The fraction of sp³-hybridized carbons (Fsp3) is 0.101. The molecule has 0 amide bonds. The molecule has 1 fully saturated rings. The second-order valence-corrected chi connectivity index (χ2v) is 20.6. The molecule has 0 saturated heterocycles. The van der Waals surface area contributed by atoms with Crippen LogP contribution in [0.1, 0.15) is 69.3 Å². The molecule has 1 heterocycles. The van der Waals surface area contributed by atoms with Crippen LogP contribution in [0.5, 0.6) is 0 Å². The predicted octanol–water partition coefficient (Wildman–Crippen LogP) is 16.4. The van der Waals surface area contributed by atoms with Gasteiger partial charge in [0.05, 0.1) is 21.9 Å². The van der Waals surface area contributed by atoms with Gasteiger partial charge in [0.1, 0.15) is 0 Å². The Morgan fingerprint density at radius 1 is 0.563 bits per heavy atom. The maximum Gasteiger partial charge on any atom is 0.0805 e. The van der Waals surface area contributed by atoms with Crippen LogP contribution in [-0.4, -0.2) is 4.57 Å². The van der Waals surface area contributed by atoms with Gasteiger partial charge in [-0.15, -0.1) is 0 Å². The Morgan fingerprint density at radius 2 is 1.15 bits per heavy atom. The molecule has 2 nitrogen and oxygen atoms in total. The standard InChI is InChI=1S/C69H46N2/c1-42(45-29-33-53-54-34-30-46(70-37-36-43-26-27-43)40-64(54)68(63(53)39-45)58-20-8-2-14-48(58)49-15-3-9-21-59(49)68)44-28-32-52-50-16-4-10-22-60(50)69(62(52)38-44)61-23-11-5-17-51(61)55-35-31-47(41-65(55)69)71-66-24-12-6-18-56(66)57-19-7-13-25-67(57)71/h2-10,12-22,24-25,28-38,40-41,43,45,70H,1,26-27,39H2/b37-36-. The summed E-state index contributed by atoms with van der Waals surface area (Å²) in [6.07, 6.45) is 12.8. The van der Waals surface area contributed by atoms with Crippen LogP contribution in [0.25, 0.3) is 72.0 Å². The van der Waals surface area contributed by atoms with Crippen LogP contribution in [0.2, 0.25) is 0 Å². The summed E-state index contributed by atoms with van der Waals surface area (Å²) in [5.41, 5.74) is 26.9. The molecule has 1 saturated carbocycles. The van der Waals surface area contributed by atoms with Crippen molar-refractivity contribution in [1.82, 2.24) is 4.57 Å². The third-order valence-corrected chi connectivity index (χ3v) is 17.2. The van der Waals surface area contributed by atoms with Crippen LogP contribution in [0.3, 0.4) is 0 Å². The Bertz CT molecular complexity index is 4000. The first-order chi connectivity index (χ1) is 35.1. The maximum atomic E-state index is 5.06. The molecule has 2 atom stereocenters. The Balaban J connectivity index is 0.847. The van der Waals surface area contributed by atoms with E-state index in [0.717, 1.165) is 28.9 Å². The van der Waals surface area contributed by atoms with Crippen LogP contribution in [0.4, 0.5) is 5.69 Å². The number of hydrogen-bond donors (Lipinski definition) is 1. The summed E-state index contributed by atoms with van der Waals surface area (Å²) in [6.45, 7) is 5.06. The van der Waals surface area contributed by atoms with Crippen molar-refractivity contribution in [2.45, 2.75) is 30.1 Å². The average molecular weight is 903 g/mol. The highest BCUT2D eigenvalue weighted by Crippen LogP contribution is 2.66. The van der Waals surface area contributed by atoms with E-state index in [1.807, 2.05) is 6.07 Å². The number of benzene rings is 8. The fourth-order valence-electron chi connectivity index (χ4n) is 14.0. The van der Waals surface area contributed by atoms with Gasteiger partial charge >= 0.3 is 0 Å². The maximum absolute atomic E-state index is 5.06. The second-order valence-electron chi connectivity index (χ2n) is 20.6. The second kappa shape index (κ2) is 14.2. The monoisotopic (exact) mass is 902 g/mol. The molecule has 1 aromatic heterocycles. The van der Waals surface area contributed by atoms with E-state index in [-0.39, 0.29) is 5.92 Å². The Morgan fingerprint density at radius 3 is 1.87 bits per heavy atom. The van der Waals surface area contributed by atoms with Gasteiger partial charge < -0.3 is 9.88 Å². The normalized spacial score (nSPS) is 18.8. The highest BCUT2D eigenvalue weighted by atomic mass is 15.0. The van der Waals surface area contributed by atoms with E-state index in [2.05, 4.69) is 228 Å². The number of allylic oxidation sites excluding steroid dienone is 6. The molecule has 0 bridgehead atoms. The zero-order valence-electron chi connectivity index (χ0n) is 39.1. The van der Waals surface area contributed by atoms with Crippen molar-refractivity contribution in [3.63, 3.8) is 0 Å². The smallest absolute Gasteiger partial charge is 0.0805 e. The third kappa shape index (κ3) is 5.08. The summed E-state index contributed by atoms with van der Waals surface area (Å²) in [5.74, 6) is 0.793. The molecular formula is C69H46N2. The van der Waals surface area contributed by atoms with Crippen molar-refractivity contribution in [3.05, 3.63) is 287 Å². The van der Waals surface area contributed by atoms with Gasteiger partial charge in [-0.05, 0) is 181 Å². The number of nitrogens with zero attached hydrogens (tertiary/aromatic N) is 1. The highest BCUT2D eigenvalue weighted by Gasteiger charge is 2.55. The lowest BCUT2D eigenvalue weighted by molar-refractivity contribution is 0.673. The van der Waals surface area contributed by atoms with Gasteiger partial charge in [-0.2, -0.15) is 0 Å². The number of aromatic nitrogens is 1. The van der Waals surface area contributed by atoms with E-state index < -0.39 is 10.8 Å². The summed E-state index contributed by atoms with van der Waals surface area (Å²) in [7, 11) is 0. The zero-order valence-corrected chi connectivity index (χ0v) is 39.1. The van der Waals surface area contributed by atoms with Gasteiger partial charge in [-0.1, -0.05) is 170 Å². The van der Waals surface area contributed by atoms with Crippen LogP contribution < -0.4 is 5.32 Å². The molecule has 2 unspecified atom stereocenters. The molecular weight excluding hydrogens is 857 g/mol. The number of rotatable bonds is 6. The van der Waals surface area contributed by atoms with E-state index in [0.29, 0.717) is 5.92 Å². The van der Waals surface area contributed by atoms with E-state index >= 15 is 0 Å². The largest absolute Gasteiger partial charge is 0.362 e. The first kappa shape index (κ1) is 39.2. The van der Waals surface area contributed by atoms with Crippen molar-refractivity contribution in [3.8, 4) is 39.1 Å². The van der Waals surface area contributed by atoms with Gasteiger partial charge in [0, 0.05) is 33.6 Å². The molecule has 0 aliphatic heterocycles. The van der Waals surface area contributed by atoms with E-state index in [1.165, 1.54) is 124 Å². The molecule has 332 valence electrons. The van der Waals surface area contributed by atoms with Gasteiger partial charge in [0.2, 0.25) is 0 Å². The summed E-state index contributed by atoms with van der Waals surface area (Å²) in [5, 5.41) is 6.20. The zero-order chi connectivity index (χ0) is 46.6. The predicted molar refractivity (Wildman–Crippen MR) is 292 cm³/mol. The van der Waals surface area contributed by atoms with Gasteiger partial charge in [0.25, 0.3) is 0 Å². The van der Waals surface area contributed by atoms with E-state index in [4.69, 9.17) is 6.58 Å². The molecule has 16 rings (SSSR count). The molecule has 6 aliphatic carbocycles. The van der Waals surface area contributed by atoms with Gasteiger partial charge in [-0.3, -0.25) is 0 Å². The fourth-order valence-corrected chi connectivity index (χ4v) is 14.0. The van der Waals surface area contributed by atoms with Crippen LogP contribution in [0, 0.1) is 24.0 Å². The first-order valence-corrected chi connectivity index (χ1v) is 25.3. The van der Waals surface area contributed by atoms with Gasteiger partial charge in [-0.25, -0.2) is 0 Å². The number of anilines is 1. The first-order valence-electron chi connectivity index (χ1n) is 25.3. The molecule has 9 aromatic carbocycles. The molecule has 1 N–H and O–H groups in total. The van der Waals surface area contributed by atoms with E-state index in [1.54, 1.807) is 0 Å². The molecule has 2 spiro atoms. The van der Waals surface area contributed by atoms with Crippen molar-refractivity contribution >= 4 is 38.6 Å². The van der Waals surface area contributed by atoms with Crippen molar-refractivity contribution < 1.29 is 0 Å². The lowest BCUT2D eigenvalue weighted by atomic mass is 9.66. The lowest BCUT2D eigenvalue weighted by Gasteiger charge is -2.35. The summed E-state index contributed by atoms with van der Waals surface area (Å²) >= 11 is 0. The number of para-hydroxylation sites is 2. The Kier molecular flexibility index (Phi) is 7.86. The molecule has 2 heteroatoms. The van der Waals surface area contributed by atoms with Crippen molar-refractivity contribution in [2.75, 3.05) is 5.32 Å². The number of hydrogen-bond acceptors (Lipinski definition) is 1. The minimum atomic E-state index is -0.606. The van der Waals surface area contributed by atoms with Crippen LogP contribution in [0.15, 0.2) is 225 Å². The average Bonchev–Trinajstić information content (AvgIpc) is 3.79. The quantitative estimate of drug-likeness (QED) is 0.176. The Labute approximate surface area is 414 Å². The van der Waals surface area contributed by atoms with Crippen LogP contribution in [-0.2, 0) is 10.8 Å². The minimum Gasteiger partial charge on any atom is -0.362 e. The van der Waals surface area contributed by atoms with Crippen molar-refractivity contribution in [2.24, 2.45) is 11.8 Å². The number of nitrogens with one attached hydrogen (secondary N) is 1. The van der Waals surface area contributed by atoms with Crippen LogP contribution >= 0.6 is 0 Å². The summed E-state index contributed by atoms with van der Waals surface area (Å²) < 4.78 is 2.45. The molecule has 6 aliphatic rings. The summed E-state index contributed by atoms with van der Waals surface area (Å²) in [6, 6.07) is 77.9. The SMILES string of the molecule is C=C(c1ccc2c(c1)C1(c3c#cccc3-c3ccc(-n4c5ccccc5c5ccccc54)cc31)c1ccccc1-2)C1C=CC2=C(C1)C1(c3cc(N/C=C\C4CC4)ccc32)c2ccccc2-c2ccccc21. The highest BCUT2D eigenvalue weighted by molar-refractivity contribution is 6.09. The van der Waals surface area contributed by atoms with Gasteiger partial charge in [0.15, 0.2) is 0 Å². The topological polar surface area (TPSA) is 17.0 Å². The third-order valence-electron chi connectivity index (χ3n) is 17.2. The van der Waals surface area contributed by atoms with Crippen molar-refractivity contribution in [1.29, 1.82) is 0 Å². The lowest BCUT2D eigenvalue weighted by Crippen LogP contribution is -2.29. The Hall–Kier alpha value is -8.64.